The Morgan fingerprint density at radius 3 is 2.69 bits per heavy atom. The largest absolute Gasteiger partial charge is 0.443 e. The summed E-state index contributed by atoms with van der Waals surface area (Å²) in [6, 6.07) is 11.5. The first kappa shape index (κ1) is 19.5. The molecule has 0 aliphatic heterocycles. The number of pyridine rings is 1. The van der Waals surface area contributed by atoms with Gasteiger partial charge in [-0.15, -0.1) is 0 Å². The first-order chi connectivity index (χ1) is 12.3. The van der Waals surface area contributed by atoms with Crippen molar-refractivity contribution in [1.82, 2.24) is 4.98 Å². The first-order valence-corrected chi connectivity index (χ1v) is 8.51. The Kier molecular flexibility index (Phi) is 6.74. The molecule has 0 radical (unpaired) electrons. The van der Waals surface area contributed by atoms with Crippen LogP contribution < -0.4 is 4.90 Å². The van der Waals surface area contributed by atoms with Gasteiger partial charge >= 0.3 is 6.09 Å². The van der Waals surface area contributed by atoms with Crippen LogP contribution in [0.4, 0.5) is 14.9 Å². The van der Waals surface area contributed by atoms with Crippen LogP contribution in [0.15, 0.2) is 48.7 Å². The molecule has 0 unspecified atom stereocenters. The molecule has 0 atom stereocenters. The van der Waals surface area contributed by atoms with Crippen LogP contribution in [0.3, 0.4) is 0 Å². The van der Waals surface area contributed by atoms with Crippen LogP contribution in [0, 0.1) is 17.7 Å². The van der Waals surface area contributed by atoms with Gasteiger partial charge in [0.25, 0.3) is 0 Å². The number of anilines is 1. The Hall–Kier alpha value is -2.87. The van der Waals surface area contributed by atoms with Crippen molar-refractivity contribution in [3.05, 3.63) is 60.2 Å². The van der Waals surface area contributed by atoms with Gasteiger partial charge in [-0.1, -0.05) is 18.1 Å². The molecular weight excluding hydrogens is 331 g/mol. The van der Waals surface area contributed by atoms with Crippen molar-refractivity contribution in [1.29, 1.82) is 0 Å². The SMILES string of the molecule is CC(C)(C)OC(=O)N(CCCC#Cc1ccccn1)c1cccc(F)c1. The first-order valence-electron chi connectivity index (χ1n) is 8.51. The lowest BCUT2D eigenvalue weighted by Gasteiger charge is -2.27. The maximum absolute atomic E-state index is 13.6. The fraction of sp³-hybridized carbons (Fsp3) is 0.333. The van der Waals surface area contributed by atoms with Gasteiger partial charge in [-0.3, -0.25) is 4.90 Å². The summed E-state index contributed by atoms with van der Waals surface area (Å²) in [5.74, 6) is 5.62. The van der Waals surface area contributed by atoms with Gasteiger partial charge in [0, 0.05) is 24.8 Å². The van der Waals surface area contributed by atoms with Gasteiger partial charge < -0.3 is 4.74 Å². The summed E-state index contributed by atoms with van der Waals surface area (Å²) in [7, 11) is 0. The van der Waals surface area contributed by atoms with Gasteiger partial charge in [-0.25, -0.2) is 14.2 Å². The molecule has 0 bridgehead atoms. The number of rotatable bonds is 4. The van der Waals surface area contributed by atoms with Crippen molar-refractivity contribution in [3.63, 3.8) is 0 Å². The van der Waals surface area contributed by atoms with Crippen molar-refractivity contribution in [2.75, 3.05) is 11.4 Å². The molecular formula is C21H23FN2O2. The molecule has 0 aliphatic carbocycles. The minimum absolute atomic E-state index is 0.384. The van der Waals surface area contributed by atoms with Crippen molar-refractivity contribution in [2.45, 2.75) is 39.2 Å². The molecule has 136 valence electrons. The Morgan fingerprint density at radius 1 is 1.23 bits per heavy atom. The van der Waals surface area contributed by atoms with Gasteiger partial charge in [0.05, 0.1) is 0 Å². The molecule has 0 aliphatic rings. The summed E-state index contributed by atoms with van der Waals surface area (Å²) < 4.78 is 19.0. The standard InChI is InChI=1S/C21H23FN2O2/c1-21(2,3)26-20(25)24(19-13-9-10-17(22)16-19)15-8-4-5-11-18-12-6-7-14-23-18/h6-7,9-10,12-14,16H,4,8,15H2,1-3H3. The van der Waals surface area contributed by atoms with Crippen molar-refractivity contribution >= 4 is 11.8 Å². The highest BCUT2D eigenvalue weighted by Gasteiger charge is 2.23. The number of unbranched alkanes of at least 4 members (excludes halogenated alkanes) is 1. The maximum atomic E-state index is 13.6. The third-order valence-corrected chi connectivity index (χ3v) is 3.30. The highest BCUT2D eigenvalue weighted by molar-refractivity contribution is 5.87. The number of hydrogen-bond acceptors (Lipinski definition) is 3. The zero-order chi connectivity index (χ0) is 19.0. The van der Waals surface area contributed by atoms with Gasteiger partial charge in [-0.2, -0.15) is 0 Å². The molecule has 1 aromatic heterocycles. The Balaban J connectivity index is 2.02. The van der Waals surface area contributed by atoms with E-state index in [1.165, 1.54) is 17.0 Å². The number of halogens is 1. The minimum atomic E-state index is -0.624. The second-order valence-corrected chi connectivity index (χ2v) is 6.73. The van der Waals surface area contributed by atoms with Crippen molar-refractivity contribution in [2.24, 2.45) is 0 Å². The highest BCUT2D eigenvalue weighted by atomic mass is 19.1. The van der Waals surface area contributed by atoms with Gasteiger partial charge in [0.1, 0.15) is 17.1 Å². The fourth-order valence-electron chi connectivity index (χ4n) is 2.20. The minimum Gasteiger partial charge on any atom is -0.443 e. The Morgan fingerprint density at radius 2 is 2.04 bits per heavy atom. The molecule has 2 rings (SSSR count). The molecule has 1 amide bonds. The summed E-state index contributed by atoms with van der Waals surface area (Å²) in [6.45, 7) is 5.78. The maximum Gasteiger partial charge on any atom is 0.414 e. The Bertz CT molecular complexity index is 789. The quantitative estimate of drug-likeness (QED) is 0.585. The molecule has 0 saturated heterocycles. The van der Waals surface area contributed by atoms with Gasteiger partial charge in [0.15, 0.2) is 0 Å². The fourth-order valence-corrected chi connectivity index (χ4v) is 2.20. The Labute approximate surface area is 154 Å². The lowest BCUT2D eigenvalue weighted by atomic mass is 10.2. The van der Waals surface area contributed by atoms with Crippen molar-refractivity contribution < 1.29 is 13.9 Å². The average molecular weight is 354 g/mol. The van der Waals surface area contributed by atoms with E-state index >= 15 is 0 Å². The molecule has 0 spiro atoms. The highest BCUT2D eigenvalue weighted by Crippen LogP contribution is 2.20. The van der Waals surface area contributed by atoms with E-state index in [4.69, 9.17) is 4.74 Å². The van der Waals surface area contributed by atoms with Gasteiger partial charge in [-0.05, 0) is 63.4 Å². The molecule has 0 fully saturated rings. The summed E-state index contributed by atoms with van der Waals surface area (Å²) >= 11 is 0. The molecule has 1 heterocycles. The van der Waals surface area contributed by atoms with E-state index in [2.05, 4.69) is 16.8 Å². The van der Waals surface area contributed by atoms with Crippen LogP contribution >= 0.6 is 0 Å². The number of hydrogen-bond donors (Lipinski definition) is 0. The molecule has 0 saturated carbocycles. The molecule has 2 aromatic rings. The molecule has 1 aromatic carbocycles. The van der Waals surface area contributed by atoms with Crippen LogP contribution in [0.2, 0.25) is 0 Å². The zero-order valence-electron chi connectivity index (χ0n) is 15.3. The van der Waals surface area contributed by atoms with Crippen LogP contribution in [0.25, 0.3) is 0 Å². The van der Waals surface area contributed by atoms with E-state index < -0.39 is 17.5 Å². The van der Waals surface area contributed by atoms with E-state index in [1.54, 1.807) is 39.1 Å². The summed E-state index contributed by atoms with van der Waals surface area (Å²) in [5.41, 5.74) is 0.556. The number of ether oxygens (including phenoxy) is 1. The second kappa shape index (κ2) is 9.00. The van der Waals surface area contributed by atoms with Gasteiger partial charge in [0.2, 0.25) is 0 Å². The molecule has 5 heteroatoms. The van der Waals surface area contributed by atoms with E-state index in [0.29, 0.717) is 30.8 Å². The van der Waals surface area contributed by atoms with Crippen LogP contribution in [-0.4, -0.2) is 23.2 Å². The normalized spacial score (nSPS) is 10.6. The summed E-state index contributed by atoms with van der Waals surface area (Å²) in [5, 5.41) is 0. The predicted molar refractivity (Wildman–Crippen MR) is 100 cm³/mol. The smallest absolute Gasteiger partial charge is 0.414 e. The van der Waals surface area contributed by atoms with E-state index in [1.807, 2.05) is 18.2 Å². The third kappa shape index (κ3) is 6.56. The molecule has 4 nitrogen and oxygen atoms in total. The number of aromatic nitrogens is 1. The number of nitrogens with zero attached hydrogens (tertiary/aromatic N) is 2. The van der Waals surface area contributed by atoms with Crippen LogP contribution in [-0.2, 0) is 4.74 Å². The number of benzene rings is 1. The lowest BCUT2D eigenvalue weighted by molar-refractivity contribution is 0.0580. The van der Waals surface area contributed by atoms with Crippen LogP contribution in [0.1, 0.15) is 39.3 Å². The number of carbonyl (C=O) groups excluding carboxylic acids is 1. The topological polar surface area (TPSA) is 42.4 Å². The summed E-state index contributed by atoms with van der Waals surface area (Å²) in [6.07, 6.45) is 2.42. The lowest BCUT2D eigenvalue weighted by Crippen LogP contribution is -2.37. The summed E-state index contributed by atoms with van der Waals surface area (Å²) in [4.78, 5) is 18.1. The van der Waals surface area contributed by atoms with E-state index in [9.17, 15) is 9.18 Å². The zero-order valence-corrected chi connectivity index (χ0v) is 15.3. The number of amides is 1. The third-order valence-electron chi connectivity index (χ3n) is 3.30. The van der Waals surface area contributed by atoms with E-state index in [0.717, 1.165) is 0 Å². The number of carbonyl (C=O) groups is 1. The molecule has 0 N–H and O–H groups in total. The van der Waals surface area contributed by atoms with Crippen LogP contribution in [0.5, 0.6) is 0 Å². The van der Waals surface area contributed by atoms with E-state index in [-0.39, 0.29) is 0 Å². The second-order valence-electron chi connectivity index (χ2n) is 6.73. The molecule has 26 heavy (non-hydrogen) atoms. The monoisotopic (exact) mass is 354 g/mol. The van der Waals surface area contributed by atoms with Crippen molar-refractivity contribution in [3.8, 4) is 11.8 Å². The predicted octanol–water partition coefficient (Wildman–Crippen LogP) is 4.79. The average Bonchev–Trinajstić information content (AvgIpc) is 2.57.